The van der Waals surface area contributed by atoms with Crippen LogP contribution in [-0.2, 0) is 14.3 Å². The Balaban J connectivity index is 3.42. The minimum atomic E-state index is -0.980. The standard InChI is InChI=1S/C26H39N3O4S/c1-8-13-18(4)27-23(30)22(20-15-12-11-14-19(20)10-3)29(16-9-2)24(31)21(17-34)28-25(32)33-26(5,6)7/h3,11-12,14-15,18,21-22,34H,8-9,13,16-17H2,1-2,4-7H3,(H,27,30)(H,28,32). The third-order valence-electron chi connectivity index (χ3n) is 5.00. The summed E-state index contributed by atoms with van der Waals surface area (Å²) >= 11 is 4.28. The van der Waals surface area contributed by atoms with Crippen LogP contribution in [0.25, 0.3) is 0 Å². The summed E-state index contributed by atoms with van der Waals surface area (Å²) < 4.78 is 5.31. The SMILES string of the molecule is C#Cc1ccccc1C(C(=O)NC(C)CCC)N(CCC)C(=O)C(CS)NC(=O)OC(C)(C)C. The van der Waals surface area contributed by atoms with Crippen LogP contribution in [0.5, 0.6) is 0 Å². The summed E-state index contributed by atoms with van der Waals surface area (Å²) in [4.78, 5) is 41.0. The third kappa shape index (κ3) is 8.94. The number of nitrogens with zero attached hydrogens (tertiary/aromatic N) is 1. The molecule has 1 aromatic rings. The van der Waals surface area contributed by atoms with E-state index in [1.807, 2.05) is 20.8 Å². The van der Waals surface area contributed by atoms with Crippen LogP contribution < -0.4 is 10.6 Å². The number of hydrogen-bond acceptors (Lipinski definition) is 5. The summed E-state index contributed by atoms with van der Waals surface area (Å²) in [6.07, 6.45) is 7.32. The quantitative estimate of drug-likeness (QED) is 0.323. The van der Waals surface area contributed by atoms with Gasteiger partial charge in [0.05, 0.1) is 0 Å². The molecule has 0 radical (unpaired) electrons. The second kappa shape index (κ2) is 13.9. The van der Waals surface area contributed by atoms with Crippen LogP contribution in [-0.4, -0.2) is 52.8 Å². The maximum Gasteiger partial charge on any atom is 0.408 e. The Labute approximate surface area is 209 Å². The zero-order valence-electron chi connectivity index (χ0n) is 21.2. The molecular formula is C26H39N3O4S. The molecule has 3 unspecified atom stereocenters. The Bertz CT molecular complexity index is 876. The van der Waals surface area contributed by atoms with Crippen molar-refractivity contribution < 1.29 is 19.1 Å². The van der Waals surface area contributed by atoms with E-state index >= 15 is 0 Å². The maximum atomic E-state index is 13.7. The molecule has 0 saturated heterocycles. The fraction of sp³-hybridized carbons (Fsp3) is 0.577. The van der Waals surface area contributed by atoms with E-state index in [1.165, 1.54) is 4.90 Å². The number of alkyl carbamates (subject to hydrolysis) is 1. The van der Waals surface area contributed by atoms with Crippen LogP contribution in [0, 0.1) is 12.3 Å². The average Bonchev–Trinajstić information content (AvgIpc) is 2.75. The molecule has 1 rings (SSSR count). The number of thiol groups is 1. The van der Waals surface area contributed by atoms with E-state index in [0.717, 1.165) is 12.8 Å². The molecule has 0 aliphatic carbocycles. The van der Waals surface area contributed by atoms with Gasteiger partial charge in [-0.05, 0) is 52.2 Å². The number of rotatable bonds is 11. The number of terminal acetylenes is 1. The molecule has 0 bridgehead atoms. The second-order valence-electron chi connectivity index (χ2n) is 9.25. The van der Waals surface area contributed by atoms with Gasteiger partial charge in [0.1, 0.15) is 17.7 Å². The van der Waals surface area contributed by atoms with Crippen LogP contribution in [0.3, 0.4) is 0 Å². The number of carbonyl (C=O) groups is 3. The van der Waals surface area contributed by atoms with Gasteiger partial charge in [-0.2, -0.15) is 12.6 Å². The smallest absolute Gasteiger partial charge is 0.408 e. The van der Waals surface area contributed by atoms with Crippen LogP contribution in [0.15, 0.2) is 24.3 Å². The lowest BCUT2D eigenvalue weighted by atomic mass is 9.97. The predicted molar refractivity (Wildman–Crippen MR) is 139 cm³/mol. The molecule has 8 heteroatoms. The number of carbonyl (C=O) groups excluding carboxylic acids is 3. The van der Waals surface area contributed by atoms with Gasteiger partial charge >= 0.3 is 6.09 Å². The normalized spacial score (nSPS) is 13.7. The molecule has 0 fully saturated rings. The monoisotopic (exact) mass is 489 g/mol. The fourth-order valence-electron chi connectivity index (χ4n) is 3.59. The van der Waals surface area contributed by atoms with Gasteiger partial charge in [0.25, 0.3) is 0 Å². The molecule has 34 heavy (non-hydrogen) atoms. The van der Waals surface area contributed by atoms with E-state index in [4.69, 9.17) is 11.2 Å². The number of amides is 3. The molecular weight excluding hydrogens is 450 g/mol. The van der Waals surface area contributed by atoms with E-state index in [-0.39, 0.29) is 24.2 Å². The van der Waals surface area contributed by atoms with Gasteiger partial charge in [-0.3, -0.25) is 9.59 Å². The number of hydrogen-bond donors (Lipinski definition) is 3. The van der Waals surface area contributed by atoms with Crippen molar-refractivity contribution in [1.29, 1.82) is 0 Å². The molecule has 0 spiro atoms. The molecule has 3 atom stereocenters. The van der Waals surface area contributed by atoms with Crippen molar-refractivity contribution in [3.8, 4) is 12.3 Å². The lowest BCUT2D eigenvalue weighted by molar-refractivity contribution is -0.142. The number of ether oxygens (including phenoxy) is 1. The van der Waals surface area contributed by atoms with Crippen molar-refractivity contribution in [3.63, 3.8) is 0 Å². The largest absolute Gasteiger partial charge is 0.444 e. The summed E-state index contributed by atoms with van der Waals surface area (Å²) in [5.41, 5.74) is 0.367. The van der Waals surface area contributed by atoms with Crippen molar-refractivity contribution in [2.24, 2.45) is 0 Å². The highest BCUT2D eigenvalue weighted by Crippen LogP contribution is 2.26. The third-order valence-corrected chi connectivity index (χ3v) is 5.37. The van der Waals surface area contributed by atoms with Crippen LogP contribution in [0.1, 0.15) is 78.0 Å². The molecule has 1 aromatic carbocycles. The molecule has 0 aliphatic heterocycles. The Hall–Kier alpha value is -2.66. The summed E-state index contributed by atoms with van der Waals surface area (Å²) in [6.45, 7) is 11.4. The molecule has 3 amide bonds. The zero-order chi connectivity index (χ0) is 25.9. The Morgan fingerprint density at radius 3 is 2.32 bits per heavy atom. The van der Waals surface area contributed by atoms with Crippen molar-refractivity contribution in [3.05, 3.63) is 35.4 Å². The minimum Gasteiger partial charge on any atom is -0.444 e. The molecule has 188 valence electrons. The summed E-state index contributed by atoms with van der Waals surface area (Å²) in [6, 6.07) is 5.08. The van der Waals surface area contributed by atoms with Gasteiger partial charge in [0.15, 0.2) is 0 Å². The van der Waals surface area contributed by atoms with Gasteiger partial charge in [0, 0.05) is 23.9 Å². The van der Waals surface area contributed by atoms with Gasteiger partial charge in [-0.25, -0.2) is 4.79 Å². The summed E-state index contributed by atoms with van der Waals surface area (Å²) in [5, 5.41) is 5.62. The van der Waals surface area contributed by atoms with E-state index in [0.29, 0.717) is 17.5 Å². The number of nitrogens with one attached hydrogen (secondary N) is 2. The highest BCUT2D eigenvalue weighted by atomic mass is 32.1. The van der Waals surface area contributed by atoms with Crippen LogP contribution >= 0.6 is 12.6 Å². The first-order chi connectivity index (χ1) is 16.0. The minimum absolute atomic E-state index is 0.0374. The Morgan fingerprint density at radius 1 is 1.15 bits per heavy atom. The highest BCUT2D eigenvalue weighted by Gasteiger charge is 2.36. The maximum absolute atomic E-state index is 13.7. The van der Waals surface area contributed by atoms with E-state index in [9.17, 15) is 14.4 Å². The van der Waals surface area contributed by atoms with Gasteiger partial charge < -0.3 is 20.3 Å². The lowest BCUT2D eigenvalue weighted by Gasteiger charge is -2.35. The van der Waals surface area contributed by atoms with Crippen molar-refractivity contribution >= 4 is 30.5 Å². The van der Waals surface area contributed by atoms with Crippen LogP contribution in [0.4, 0.5) is 4.79 Å². The Kier molecular flexibility index (Phi) is 12.0. The second-order valence-corrected chi connectivity index (χ2v) is 9.61. The first kappa shape index (κ1) is 29.4. The van der Waals surface area contributed by atoms with Crippen LogP contribution in [0.2, 0.25) is 0 Å². The van der Waals surface area contributed by atoms with Crippen molar-refractivity contribution in [2.45, 2.75) is 84.5 Å². The molecule has 2 N–H and O–H groups in total. The predicted octanol–water partition coefficient (Wildman–Crippen LogP) is 4.08. The van der Waals surface area contributed by atoms with Gasteiger partial charge in [0.2, 0.25) is 11.8 Å². The Morgan fingerprint density at radius 2 is 1.79 bits per heavy atom. The first-order valence-electron chi connectivity index (χ1n) is 11.8. The fourth-order valence-corrected chi connectivity index (χ4v) is 3.83. The highest BCUT2D eigenvalue weighted by molar-refractivity contribution is 7.80. The summed E-state index contributed by atoms with van der Waals surface area (Å²) in [7, 11) is 0. The lowest BCUT2D eigenvalue weighted by Crippen LogP contribution is -2.54. The molecule has 7 nitrogen and oxygen atoms in total. The first-order valence-corrected chi connectivity index (χ1v) is 12.4. The molecule has 0 aliphatic rings. The van der Waals surface area contributed by atoms with E-state index < -0.39 is 29.7 Å². The van der Waals surface area contributed by atoms with Gasteiger partial charge in [-0.15, -0.1) is 6.42 Å². The average molecular weight is 490 g/mol. The molecule has 0 heterocycles. The van der Waals surface area contributed by atoms with Gasteiger partial charge in [-0.1, -0.05) is 44.4 Å². The molecule has 0 aromatic heterocycles. The molecule has 0 saturated carbocycles. The topological polar surface area (TPSA) is 87.7 Å². The zero-order valence-corrected chi connectivity index (χ0v) is 22.1. The van der Waals surface area contributed by atoms with Crippen molar-refractivity contribution in [2.75, 3.05) is 12.3 Å². The number of benzene rings is 1. The summed E-state index contributed by atoms with van der Waals surface area (Å²) in [5.74, 6) is 1.91. The van der Waals surface area contributed by atoms with E-state index in [2.05, 4.69) is 29.2 Å². The van der Waals surface area contributed by atoms with Crippen molar-refractivity contribution in [1.82, 2.24) is 15.5 Å². The van der Waals surface area contributed by atoms with E-state index in [1.54, 1.807) is 45.0 Å².